The first-order valence-electron chi connectivity index (χ1n) is 13.3. The van der Waals surface area contributed by atoms with Gasteiger partial charge in [0.2, 0.25) is 0 Å². The molecule has 0 bridgehead atoms. The van der Waals surface area contributed by atoms with Gasteiger partial charge >= 0.3 is 0 Å². The van der Waals surface area contributed by atoms with Crippen LogP contribution < -0.4 is 21.7 Å². The lowest BCUT2D eigenvalue weighted by Crippen LogP contribution is -2.39. The number of carbonyl (C=O) groups excluding carboxylic acids is 1. The monoisotopic (exact) mass is 537 g/mol. The van der Waals surface area contributed by atoms with E-state index in [1.807, 2.05) is 13.8 Å². The molecule has 38 heavy (non-hydrogen) atoms. The first-order chi connectivity index (χ1) is 18.2. The smallest absolute Gasteiger partial charge is 0.263 e. The molecule has 3 unspecified atom stereocenters. The van der Waals surface area contributed by atoms with Gasteiger partial charge in [-0.25, -0.2) is 15.0 Å². The van der Waals surface area contributed by atoms with E-state index in [1.165, 1.54) is 16.9 Å². The predicted octanol–water partition coefficient (Wildman–Crippen LogP) is 2.28. The van der Waals surface area contributed by atoms with E-state index in [0.29, 0.717) is 23.0 Å². The van der Waals surface area contributed by atoms with Crippen molar-refractivity contribution < 1.29 is 14.3 Å². The van der Waals surface area contributed by atoms with E-state index in [-0.39, 0.29) is 29.7 Å². The van der Waals surface area contributed by atoms with Gasteiger partial charge in [0, 0.05) is 31.9 Å². The van der Waals surface area contributed by atoms with Crippen LogP contribution in [0, 0.1) is 13.8 Å². The van der Waals surface area contributed by atoms with Gasteiger partial charge in [0.1, 0.15) is 21.3 Å². The molecule has 11 heteroatoms. The average Bonchev–Trinajstić information content (AvgIpc) is 3.41. The normalized spacial score (nSPS) is 24.0. The summed E-state index contributed by atoms with van der Waals surface area (Å²) in [5, 5.41) is 3.97. The molecule has 2 aliphatic carbocycles. The molecule has 1 aliphatic heterocycles. The molecule has 1 saturated carbocycles. The Kier molecular flexibility index (Phi) is 6.50. The first kappa shape index (κ1) is 25.4. The number of amides is 1. The standard InChI is InChI=1S/C27H35N7O3S/c1-14-22-23(29)24(38-26(22)31-15(2)30-14)25(35)32-17-5-6-19-16(10-17)4-7-21(33-19)34-11-18(28)20(12-34)37-27(8-9-27)13-36-3/h4,7,17-18,20H,5-6,8-13,28-29H2,1-3H3,(H,32,35). The highest BCUT2D eigenvalue weighted by molar-refractivity contribution is 7.21. The Morgan fingerprint density at radius 1 is 1.24 bits per heavy atom. The molecule has 3 aliphatic rings. The van der Waals surface area contributed by atoms with Crippen molar-refractivity contribution in [2.45, 2.75) is 69.7 Å². The number of aromatic nitrogens is 3. The number of rotatable bonds is 7. The van der Waals surface area contributed by atoms with Crippen LogP contribution >= 0.6 is 11.3 Å². The Hall–Kier alpha value is -2.86. The molecule has 0 radical (unpaired) electrons. The summed E-state index contributed by atoms with van der Waals surface area (Å²) in [4.78, 5) is 30.5. The topological polar surface area (TPSA) is 142 Å². The summed E-state index contributed by atoms with van der Waals surface area (Å²) in [6.45, 7) is 5.82. The summed E-state index contributed by atoms with van der Waals surface area (Å²) < 4.78 is 11.7. The van der Waals surface area contributed by atoms with Gasteiger partial charge in [-0.3, -0.25) is 4.79 Å². The van der Waals surface area contributed by atoms with Crippen LogP contribution in [0.2, 0.25) is 0 Å². The lowest BCUT2D eigenvalue weighted by Gasteiger charge is -2.27. The third kappa shape index (κ3) is 4.72. The molecular formula is C27H35N7O3S. The Labute approximate surface area is 226 Å². The maximum atomic E-state index is 13.2. The van der Waals surface area contributed by atoms with Gasteiger partial charge in [0.25, 0.3) is 5.91 Å². The summed E-state index contributed by atoms with van der Waals surface area (Å²) in [6.07, 6.45) is 4.40. The molecule has 0 spiro atoms. The number of nitrogens with two attached hydrogens (primary N) is 2. The zero-order chi connectivity index (χ0) is 26.6. The van der Waals surface area contributed by atoms with Crippen molar-refractivity contribution in [3.8, 4) is 0 Å². The van der Waals surface area contributed by atoms with E-state index in [1.54, 1.807) is 7.11 Å². The molecular weight excluding hydrogens is 502 g/mol. The Morgan fingerprint density at radius 2 is 2.05 bits per heavy atom. The van der Waals surface area contributed by atoms with Crippen LogP contribution in [0.15, 0.2) is 12.1 Å². The molecule has 3 atom stereocenters. The number of nitrogens with one attached hydrogen (secondary N) is 1. The molecule has 4 heterocycles. The van der Waals surface area contributed by atoms with E-state index in [0.717, 1.165) is 72.6 Å². The second-order valence-electron chi connectivity index (χ2n) is 10.9. The number of fused-ring (bicyclic) bond motifs is 2. The summed E-state index contributed by atoms with van der Waals surface area (Å²) in [5.74, 6) is 1.46. The fourth-order valence-corrected chi connectivity index (χ4v) is 6.87. The van der Waals surface area contributed by atoms with E-state index >= 15 is 0 Å². The molecule has 3 aromatic heterocycles. The van der Waals surface area contributed by atoms with Gasteiger partial charge in [-0.05, 0) is 57.6 Å². The van der Waals surface area contributed by atoms with Crippen LogP contribution in [0.1, 0.15) is 51.7 Å². The number of pyridine rings is 1. The number of carbonyl (C=O) groups is 1. The third-order valence-corrected chi connectivity index (χ3v) is 9.02. The number of methoxy groups -OCH3 is 1. The number of aryl methyl sites for hydroxylation is 3. The minimum absolute atomic E-state index is 0.0229. The van der Waals surface area contributed by atoms with E-state index in [4.69, 9.17) is 25.9 Å². The quantitative estimate of drug-likeness (QED) is 0.414. The number of ether oxygens (including phenoxy) is 2. The predicted molar refractivity (Wildman–Crippen MR) is 148 cm³/mol. The molecule has 202 valence electrons. The zero-order valence-corrected chi connectivity index (χ0v) is 22.9. The van der Waals surface area contributed by atoms with Gasteiger partial charge in [-0.2, -0.15) is 0 Å². The molecule has 3 aromatic rings. The lowest BCUT2D eigenvalue weighted by molar-refractivity contribution is -0.0623. The van der Waals surface area contributed by atoms with E-state index in [2.05, 4.69) is 32.3 Å². The van der Waals surface area contributed by atoms with Crippen molar-refractivity contribution >= 4 is 39.0 Å². The zero-order valence-electron chi connectivity index (χ0n) is 22.1. The molecule has 1 saturated heterocycles. The summed E-state index contributed by atoms with van der Waals surface area (Å²) >= 11 is 1.33. The summed E-state index contributed by atoms with van der Waals surface area (Å²) in [6, 6.07) is 4.17. The molecule has 1 amide bonds. The highest BCUT2D eigenvalue weighted by Crippen LogP contribution is 2.42. The van der Waals surface area contributed by atoms with Crippen LogP contribution in [0.3, 0.4) is 0 Å². The van der Waals surface area contributed by atoms with Gasteiger partial charge in [0.15, 0.2) is 0 Å². The largest absolute Gasteiger partial charge is 0.397 e. The molecule has 5 N–H and O–H groups in total. The number of hydrogen-bond acceptors (Lipinski definition) is 10. The fraction of sp³-hybridized carbons (Fsp3) is 0.556. The molecule has 6 rings (SSSR count). The average molecular weight is 538 g/mol. The second kappa shape index (κ2) is 9.71. The first-order valence-corrected chi connectivity index (χ1v) is 14.1. The lowest BCUT2D eigenvalue weighted by atomic mass is 9.91. The number of hydrogen-bond donors (Lipinski definition) is 3. The van der Waals surface area contributed by atoms with Gasteiger partial charge in [0.05, 0.1) is 41.1 Å². The maximum absolute atomic E-state index is 13.2. The van der Waals surface area contributed by atoms with E-state index < -0.39 is 0 Å². The maximum Gasteiger partial charge on any atom is 0.263 e. The van der Waals surface area contributed by atoms with E-state index in [9.17, 15) is 4.79 Å². The highest BCUT2D eigenvalue weighted by atomic mass is 32.1. The van der Waals surface area contributed by atoms with Crippen molar-refractivity contribution in [3.63, 3.8) is 0 Å². The minimum Gasteiger partial charge on any atom is -0.397 e. The second-order valence-corrected chi connectivity index (χ2v) is 11.9. The van der Waals surface area contributed by atoms with Crippen LogP contribution in [-0.4, -0.2) is 71.5 Å². The van der Waals surface area contributed by atoms with Crippen LogP contribution in [0.5, 0.6) is 0 Å². The van der Waals surface area contributed by atoms with Gasteiger partial charge < -0.3 is 31.2 Å². The molecule has 2 fully saturated rings. The van der Waals surface area contributed by atoms with Crippen molar-refractivity contribution in [1.29, 1.82) is 0 Å². The summed E-state index contributed by atoms with van der Waals surface area (Å²) in [5.41, 5.74) is 16.2. The van der Waals surface area contributed by atoms with Crippen molar-refractivity contribution in [2.24, 2.45) is 5.73 Å². The molecule has 0 aromatic carbocycles. The van der Waals surface area contributed by atoms with Crippen LogP contribution in [0.4, 0.5) is 11.5 Å². The van der Waals surface area contributed by atoms with Crippen LogP contribution in [-0.2, 0) is 22.3 Å². The fourth-order valence-electron chi connectivity index (χ4n) is 5.78. The number of thiophene rings is 1. The Bertz CT molecular complexity index is 1390. The van der Waals surface area contributed by atoms with Crippen molar-refractivity contribution in [2.75, 3.05) is 37.4 Å². The van der Waals surface area contributed by atoms with Gasteiger partial charge in [-0.1, -0.05) is 6.07 Å². The SMILES string of the molecule is COCC1(OC2CN(c3ccc4c(n3)CCC(NC(=O)c3sc5nc(C)nc(C)c5c3N)C4)CC2N)CC1. The van der Waals surface area contributed by atoms with Crippen LogP contribution in [0.25, 0.3) is 10.2 Å². The van der Waals surface area contributed by atoms with Crippen molar-refractivity contribution in [3.05, 3.63) is 39.8 Å². The Morgan fingerprint density at radius 3 is 2.82 bits per heavy atom. The highest BCUT2D eigenvalue weighted by Gasteiger charge is 2.48. The summed E-state index contributed by atoms with van der Waals surface area (Å²) in [7, 11) is 1.72. The minimum atomic E-state index is -0.153. The Balaban J connectivity index is 1.11. The number of nitrogens with zero attached hydrogens (tertiary/aromatic N) is 4. The third-order valence-electron chi connectivity index (χ3n) is 7.92. The number of anilines is 2. The van der Waals surface area contributed by atoms with Crippen molar-refractivity contribution in [1.82, 2.24) is 20.3 Å². The molecule has 10 nitrogen and oxygen atoms in total. The van der Waals surface area contributed by atoms with Gasteiger partial charge in [-0.15, -0.1) is 11.3 Å². The number of nitrogen functional groups attached to an aromatic ring is 1.